The number of carbonyl (C=O) groups is 1. The van der Waals surface area contributed by atoms with Crippen LogP contribution in [-0.2, 0) is 4.79 Å². The summed E-state index contributed by atoms with van der Waals surface area (Å²) in [5.74, 6) is -0.00374. The van der Waals surface area contributed by atoms with Crippen LogP contribution in [0, 0.1) is 5.92 Å². The highest BCUT2D eigenvalue weighted by Gasteiger charge is 2.28. The molecule has 0 aromatic heterocycles. The van der Waals surface area contributed by atoms with Crippen LogP contribution in [0.1, 0.15) is 13.3 Å². The van der Waals surface area contributed by atoms with Crippen LogP contribution in [-0.4, -0.2) is 41.7 Å². The second-order valence-corrected chi connectivity index (χ2v) is 3.52. The maximum absolute atomic E-state index is 11.4. The van der Waals surface area contributed by atoms with Crippen LogP contribution in [0.4, 0.5) is 0 Å². The number of carbonyl (C=O) groups excluding carboxylic acids is 1. The van der Waals surface area contributed by atoms with E-state index in [1.54, 1.807) is 11.8 Å². The van der Waals surface area contributed by atoms with E-state index in [1.165, 1.54) is 0 Å². The van der Waals surface area contributed by atoms with Crippen molar-refractivity contribution in [3.8, 4) is 0 Å². The molecule has 1 amide bonds. The van der Waals surface area contributed by atoms with Gasteiger partial charge in [0.15, 0.2) is 0 Å². The Morgan fingerprint density at radius 3 is 3.07 bits per heavy atom. The Labute approximate surface area is 82.1 Å². The molecule has 1 N–H and O–H groups in total. The number of aliphatic hydroxyl groups excluding tert-OH is 1. The zero-order valence-electron chi connectivity index (χ0n) is 8.13. The number of aliphatic hydroxyl groups is 1. The monoisotopic (exact) mass is 198 g/mol. The van der Waals surface area contributed by atoms with Crippen molar-refractivity contribution in [3.63, 3.8) is 0 Å². The summed E-state index contributed by atoms with van der Waals surface area (Å²) < 4.78 is 0. The van der Waals surface area contributed by atoms with Crippen molar-refractivity contribution in [3.05, 3.63) is 10.4 Å². The van der Waals surface area contributed by atoms with Gasteiger partial charge in [-0.2, -0.15) is 0 Å². The van der Waals surface area contributed by atoms with Crippen LogP contribution in [0.3, 0.4) is 0 Å². The predicted molar refractivity (Wildman–Crippen MR) is 50.4 cm³/mol. The van der Waals surface area contributed by atoms with E-state index < -0.39 is 0 Å². The molecule has 14 heavy (non-hydrogen) atoms. The average Bonchev–Trinajstić information content (AvgIpc) is 2.62. The fourth-order valence-corrected chi connectivity index (χ4v) is 1.60. The third-order valence-electron chi connectivity index (χ3n) is 2.53. The molecule has 0 radical (unpaired) electrons. The van der Waals surface area contributed by atoms with Gasteiger partial charge in [-0.05, 0) is 18.9 Å². The summed E-state index contributed by atoms with van der Waals surface area (Å²) in [5.41, 5.74) is 8.05. The lowest BCUT2D eigenvalue weighted by Crippen LogP contribution is -2.31. The number of likely N-dealkylation sites (tertiary alicyclic amines) is 1. The van der Waals surface area contributed by atoms with Gasteiger partial charge < -0.3 is 10.0 Å². The minimum atomic E-state index is -0.382. The second-order valence-electron chi connectivity index (χ2n) is 3.52. The molecule has 0 aliphatic carbocycles. The summed E-state index contributed by atoms with van der Waals surface area (Å²) in [6.07, 6.45) is 0.437. The minimum Gasteiger partial charge on any atom is -0.393 e. The Morgan fingerprint density at radius 1 is 1.86 bits per heavy atom. The zero-order chi connectivity index (χ0) is 10.6. The lowest BCUT2D eigenvalue weighted by atomic mass is 10.0. The van der Waals surface area contributed by atoms with Crippen LogP contribution < -0.4 is 0 Å². The van der Waals surface area contributed by atoms with Gasteiger partial charge in [-0.25, -0.2) is 0 Å². The summed E-state index contributed by atoms with van der Waals surface area (Å²) in [6.45, 7) is 2.82. The van der Waals surface area contributed by atoms with Crippen molar-refractivity contribution in [1.82, 2.24) is 4.90 Å². The van der Waals surface area contributed by atoms with Crippen molar-refractivity contribution >= 4 is 5.91 Å². The summed E-state index contributed by atoms with van der Waals surface area (Å²) in [6, 6.07) is 0. The molecule has 6 heteroatoms. The second kappa shape index (κ2) is 4.83. The standard InChI is InChI=1S/C8H14N4O2/c1-6(13)7-2-3-12(5-7)8(14)4-10-11-9/h6-7,13H,2-5H2,1H3/t6-,7+/m1/s1. The fourth-order valence-electron chi connectivity index (χ4n) is 1.60. The van der Waals surface area contributed by atoms with Crippen LogP contribution in [0.15, 0.2) is 5.11 Å². The molecular formula is C8H14N4O2. The van der Waals surface area contributed by atoms with Crippen molar-refractivity contribution in [2.75, 3.05) is 19.6 Å². The number of hydrogen-bond acceptors (Lipinski definition) is 3. The van der Waals surface area contributed by atoms with Crippen LogP contribution in [0.5, 0.6) is 0 Å². The van der Waals surface area contributed by atoms with Crippen molar-refractivity contribution < 1.29 is 9.90 Å². The molecule has 0 aromatic carbocycles. The van der Waals surface area contributed by atoms with Crippen LogP contribution in [0.25, 0.3) is 10.4 Å². The first kappa shape index (κ1) is 10.8. The highest BCUT2D eigenvalue weighted by Crippen LogP contribution is 2.19. The molecule has 0 bridgehead atoms. The van der Waals surface area contributed by atoms with Gasteiger partial charge in [0, 0.05) is 23.9 Å². The van der Waals surface area contributed by atoms with Gasteiger partial charge in [0.1, 0.15) is 6.54 Å². The van der Waals surface area contributed by atoms with Gasteiger partial charge in [0.25, 0.3) is 0 Å². The Balaban J connectivity index is 2.41. The van der Waals surface area contributed by atoms with E-state index in [0.29, 0.717) is 13.1 Å². The first-order chi connectivity index (χ1) is 6.65. The molecular weight excluding hydrogens is 184 g/mol. The van der Waals surface area contributed by atoms with E-state index in [2.05, 4.69) is 10.0 Å². The van der Waals surface area contributed by atoms with Gasteiger partial charge in [-0.3, -0.25) is 4.79 Å². The molecule has 6 nitrogen and oxygen atoms in total. The van der Waals surface area contributed by atoms with Crippen molar-refractivity contribution in [2.24, 2.45) is 11.0 Å². The summed E-state index contributed by atoms with van der Waals surface area (Å²) >= 11 is 0. The third kappa shape index (κ3) is 2.61. The number of amides is 1. The Hall–Kier alpha value is -1.26. The first-order valence-electron chi connectivity index (χ1n) is 4.62. The van der Waals surface area contributed by atoms with Gasteiger partial charge >= 0.3 is 0 Å². The number of nitrogens with zero attached hydrogens (tertiary/aromatic N) is 4. The lowest BCUT2D eigenvalue weighted by molar-refractivity contribution is -0.128. The van der Waals surface area contributed by atoms with Crippen molar-refractivity contribution in [1.29, 1.82) is 0 Å². The van der Waals surface area contributed by atoms with E-state index in [1.807, 2.05) is 0 Å². The molecule has 0 unspecified atom stereocenters. The molecule has 1 aliphatic rings. The largest absolute Gasteiger partial charge is 0.393 e. The SMILES string of the molecule is C[C@@H](O)[C@H]1CCN(C(=O)CN=[N+]=[N-])C1. The smallest absolute Gasteiger partial charge is 0.228 e. The minimum absolute atomic E-state index is 0.122. The normalized spacial score (nSPS) is 23.0. The van der Waals surface area contributed by atoms with E-state index in [-0.39, 0.29) is 24.5 Å². The highest BCUT2D eigenvalue weighted by molar-refractivity contribution is 5.78. The predicted octanol–water partition coefficient (Wildman–Crippen LogP) is 0.526. The van der Waals surface area contributed by atoms with Crippen LogP contribution in [0.2, 0.25) is 0 Å². The molecule has 1 saturated heterocycles. The Morgan fingerprint density at radius 2 is 2.57 bits per heavy atom. The molecule has 1 heterocycles. The Bertz CT molecular complexity index is 260. The lowest BCUT2D eigenvalue weighted by Gasteiger charge is -2.16. The van der Waals surface area contributed by atoms with Crippen LogP contribution >= 0.6 is 0 Å². The molecule has 1 aliphatic heterocycles. The van der Waals surface area contributed by atoms with Gasteiger partial charge in [0.2, 0.25) is 5.91 Å². The highest BCUT2D eigenvalue weighted by atomic mass is 16.3. The topological polar surface area (TPSA) is 89.3 Å². The first-order valence-corrected chi connectivity index (χ1v) is 4.62. The summed E-state index contributed by atoms with van der Waals surface area (Å²) in [7, 11) is 0. The van der Waals surface area contributed by atoms with Gasteiger partial charge in [0.05, 0.1) is 6.10 Å². The van der Waals surface area contributed by atoms with E-state index >= 15 is 0 Å². The van der Waals surface area contributed by atoms with Gasteiger partial charge in [-0.1, -0.05) is 5.11 Å². The van der Waals surface area contributed by atoms with E-state index in [4.69, 9.17) is 5.53 Å². The maximum Gasteiger partial charge on any atom is 0.228 e. The third-order valence-corrected chi connectivity index (χ3v) is 2.53. The van der Waals surface area contributed by atoms with Gasteiger partial charge in [-0.15, -0.1) is 0 Å². The summed E-state index contributed by atoms with van der Waals surface area (Å²) in [5, 5.41) is 12.5. The molecule has 1 fully saturated rings. The number of hydrogen-bond donors (Lipinski definition) is 1. The number of rotatable bonds is 3. The Kier molecular flexibility index (Phi) is 3.73. The van der Waals surface area contributed by atoms with E-state index in [9.17, 15) is 9.90 Å². The molecule has 78 valence electrons. The molecule has 0 spiro atoms. The summed E-state index contributed by atoms with van der Waals surface area (Å²) in [4.78, 5) is 15.5. The van der Waals surface area contributed by atoms with Crippen molar-refractivity contribution in [2.45, 2.75) is 19.4 Å². The molecule has 2 atom stereocenters. The molecule has 0 saturated carbocycles. The average molecular weight is 198 g/mol. The maximum atomic E-state index is 11.4. The molecule has 0 aromatic rings. The fraction of sp³-hybridized carbons (Fsp3) is 0.875. The van der Waals surface area contributed by atoms with E-state index in [0.717, 1.165) is 6.42 Å². The quantitative estimate of drug-likeness (QED) is 0.407. The zero-order valence-corrected chi connectivity index (χ0v) is 8.13. The molecule has 1 rings (SSSR count). The number of azide groups is 1.